The minimum Gasteiger partial charge on any atom is -0.398 e. The molecule has 4 nitrogen and oxygen atoms in total. The maximum absolute atomic E-state index is 11.4. The van der Waals surface area contributed by atoms with Crippen LogP contribution in [0.2, 0.25) is 0 Å². The molecule has 88 valence electrons. The highest BCUT2D eigenvalue weighted by Gasteiger charge is 1.97. The molecular weight excluding hydrogens is 216 g/mol. The Labute approximate surface area is 99.3 Å². The molecule has 0 radical (unpaired) electrons. The molecule has 2 N–H and O–H groups in total. The Hall–Kier alpha value is -2.07. The third-order valence-corrected chi connectivity index (χ3v) is 2.35. The molecule has 1 heterocycles. The average Bonchev–Trinajstić information content (AvgIpc) is 2.35. The summed E-state index contributed by atoms with van der Waals surface area (Å²) in [7, 11) is 0. The van der Waals surface area contributed by atoms with E-state index >= 15 is 0 Å². The second-order valence-electron chi connectivity index (χ2n) is 3.73. The quantitative estimate of drug-likeness (QED) is 0.868. The maximum Gasteiger partial charge on any atom is 0.252 e. The van der Waals surface area contributed by atoms with Crippen molar-refractivity contribution in [1.82, 2.24) is 4.57 Å². The molecule has 1 aromatic heterocycles. The highest BCUT2D eigenvalue weighted by molar-refractivity contribution is 5.33. The Morgan fingerprint density at radius 1 is 1.12 bits per heavy atom. The second kappa shape index (κ2) is 5.32. The van der Waals surface area contributed by atoms with E-state index in [1.807, 2.05) is 30.3 Å². The highest BCUT2D eigenvalue weighted by atomic mass is 16.5. The number of aromatic nitrogens is 1. The molecule has 0 saturated heterocycles. The van der Waals surface area contributed by atoms with Crippen LogP contribution in [-0.4, -0.2) is 4.57 Å². The van der Waals surface area contributed by atoms with Gasteiger partial charge in [0.1, 0.15) is 6.73 Å². The van der Waals surface area contributed by atoms with Crippen LogP contribution >= 0.6 is 0 Å². The number of anilines is 1. The van der Waals surface area contributed by atoms with Crippen molar-refractivity contribution >= 4 is 5.69 Å². The summed E-state index contributed by atoms with van der Waals surface area (Å²) in [5, 5.41) is 0. The molecule has 17 heavy (non-hydrogen) atoms. The molecule has 0 aliphatic carbocycles. The van der Waals surface area contributed by atoms with E-state index in [1.54, 1.807) is 12.3 Å². The number of rotatable bonds is 4. The lowest BCUT2D eigenvalue weighted by Gasteiger charge is -2.07. The largest absolute Gasteiger partial charge is 0.398 e. The molecule has 0 bridgehead atoms. The van der Waals surface area contributed by atoms with Gasteiger partial charge in [-0.15, -0.1) is 0 Å². The Morgan fingerprint density at radius 2 is 1.88 bits per heavy atom. The fourth-order valence-corrected chi connectivity index (χ4v) is 1.49. The first kappa shape index (κ1) is 11.4. The van der Waals surface area contributed by atoms with Crippen LogP contribution in [0.3, 0.4) is 0 Å². The monoisotopic (exact) mass is 230 g/mol. The van der Waals surface area contributed by atoms with E-state index in [9.17, 15) is 4.79 Å². The summed E-state index contributed by atoms with van der Waals surface area (Å²) in [5.74, 6) is 0. The van der Waals surface area contributed by atoms with Crippen molar-refractivity contribution < 1.29 is 4.74 Å². The number of benzene rings is 1. The van der Waals surface area contributed by atoms with Gasteiger partial charge >= 0.3 is 0 Å². The highest BCUT2D eigenvalue weighted by Crippen LogP contribution is 2.02. The predicted molar refractivity (Wildman–Crippen MR) is 66.3 cm³/mol. The third kappa shape index (κ3) is 3.19. The molecule has 2 rings (SSSR count). The average molecular weight is 230 g/mol. The molecule has 4 heteroatoms. The minimum absolute atomic E-state index is 0.118. The summed E-state index contributed by atoms with van der Waals surface area (Å²) in [6, 6.07) is 12.8. The standard InChI is InChI=1S/C13H14N2O2/c14-12-6-7-13(16)15(8-12)10-17-9-11-4-2-1-3-5-11/h1-8H,9-10,14H2. The van der Waals surface area contributed by atoms with E-state index in [4.69, 9.17) is 10.5 Å². The van der Waals surface area contributed by atoms with Gasteiger partial charge < -0.3 is 10.5 Å². The first-order valence-corrected chi connectivity index (χ1v) is 5.33. The van der Waals surface area contributed by atoms with E-state index in [-0.39, 0.29) is 12.3 Å². The zero-order valence-electron chi connectivity index (χ0n) is 9.37. The van der Waals surface area contributed by atoms with E-state index in [0.29, 0.717) is 12.3 Å². The van der Waals surface area contributed by atoms with Gasteiger partial charge in [0.15, 0.2) is 0 Å². The van der Waals surface area contributed by atoms with Crippen LogP contribution in [0.15, 0.2) is 53.5 Å². The number of nitrogen functional groups attached to an aromatic ring is 1. The first-order valence-electron chi connectivity index (χ1n) is 5.33. The molecule has 0 unspecified atom stereocenters. The molecule has 0 amide bonds. The summed E-state index contributed by atoms with van der Waals surface area (Å²) >= 11 is 0. The van der Waals surface area contributed by atoms with Crippen LogP contribution in [0.25, 0.3) is 0 Å². The van der Waals surface area contributed by atoms with Crippen molar-refractivity contribution in [1.29, 1.82) is 0 Å². The van der Waals surface area contributed by atoms with Gasteiger partial charge in [0.25, 0.3) is 5.56 Å². The Morgan fingerprint density at radius 3 is 2.65 bits per heavy atom. The van der Waals surface area contributed by atoms with Crippen molar-refractivity contribution in [2.24, 2.45) is 0 Å². The number of hydrogen-bond acceptors (Lipinski definition) is 3. The summed E-state index contributed by atoms with van der Waals surface area (Å²) in [6.45, 7) is 0.681. The molecule has 0 aliphatic rings. The van der Waals surface area contributed by atoms with Gasteiger partial charge in [0.05, 0.1) is 6.61 Å². The fourth-order valence-electron chi connectivity index (χ4n) is 1.49. The third-order valence-electron chi connectivity index (χ3n) is 2.35. The predicted octanol–water partition coefficient (Wildman–Crippen LogP) is 1.60. The van der Waals surface area contributed by atoms with E-state index < -0.39 is 0 Å². The number of nitrogens with two attached hydrogens (primary N) is 1. The normalized spacial score (nSPS) is 10.4. The molecule has 0 spiro atoms. The zero-order chi connectivity index (χ0) is 12.1. The van der Waals surface area contributed by atoms with Crippen molar-refractivity contribution in [3.8, 4) is 0 Å². The Bertz CT molecular complexity index is 535. The van der Waals surface area contributed by atoms with Crippen LogP contribution < -0.4 is 11.3 Å². The van der Waals surface area contributed by atoms with Crippen LogP contribution in [-0.2, 0) is 18.1 Å². The molecule has 0 fully saturated rings. The molecule has 0 atom stereocenters. The lowest BCUT2D eigenvalue weighted by molar-refractivity contribution is 0.0619. The van der Waals surface area contributed by atoms with Crippen LogP contribution in [0, 0.1) is 0 Å². The van der Waals surface area contributed by atoms with E-state index in [2.05, 4.69) is 0 Å². The zero-order valence-corrected chi connectivity index (χ0v) is 9.37. The van der Waals surface area contributed by atoms with Gasteiger partial charge in [-0.25, -0.2) is 0 Å². The second-order valence-corrected chi connectivity index (χ2v) is 3.73. The summed E-state index contributed by atoms with van der Waals surface area (Å²) < 4.78 is 6.89. The van der Waals surface area contributed by atoms with Crippen LogP contribution in [0.5, 0.6) is 0 Å². The van der Waals surface area contributed by atoms with Gasteiger partial charge in [-0.1, -0.05) is 30.3 Å². The van der Waals surface area contributed by atoms with Gasteiger partial charge in [-0.3, -0.25) is 9.36 Å². The van der Waals surface area contributed by atoms with E-state index in [1.165, 1.54) is 10.6 Å². The Balaban J connectivity index is 1.94. The van der Waals surface area contributed by atoms with Crippen molar-refractivity contribution in [3.63, 3.8) is 0 Å². The Kier molecular flexibility index (Phi) is 3.57. The number of ether oxygens (including phenoxy) is 1. The topological polar surface area (TPSA) is 57.2 Å². The van der Waals surface area contributed by atoms with E-state index in [0.717, 1.165) is 5.56 Å². The van der Waals surface area contributed by atoms with Crippen LogP contribution in [0.1, 0.15) is 5.56 Å². The minimum atomic E-state index is -0.118. The van der Waals surface area contributed by atoms with Gasteiger partial charge in [0, 0.05) is 18.0 Å². The molecule has 2 aromatic rings. The first-order chi connectivity index (χ1) is 8.25. The van der Waals surface area contributed by atoms with Crippen LogP contribution in [0.4, 0.5) is 5.69 Å². The van der Waals surface area contributed by atoms with Gasteiger partial charge in [-0.05, 0) is 11.6 Å². The van der Waals surface area contributed by atoms with Gasteiger partial charge in [-0.2, -0.15) is 0 Å². The number of nitrogens with zero attached hydrogens (tertiary/aromatic N) is 1. The lowest BCUT2D eigenvalue weighted by Crippen LogP contribution is -2.20. The number of pyridine rings is 1. The molecule has 0 saturated carbocycles. The fraction of sp³-hybridized carbons (Fsp3) is 0.154. The SMILES string of the molecule is Nc1ccc(=O)n(COCc2ccccc2)c1. The summed E-state index contributed by atoms with van der Waals surface area (Å²) in [6.07, 6.45) is 1.58. The number of hydrogen-bond donors (Lipinski definition) is 1. The smallest absolute Gasteiger partial charge is 0.252 e. The molecule has 0 aliphatic heterocycles. The lowest BCUT2D eigenvalue weighted by atomic mass is 10.2. The van der Waals surface area contributed by atoms with Gasteiger partial charge in [0.2, 0.25) is 0 Å². The molecular formula is C13H14N2O2. The molecule has 1 aromatic carbocycles. The van der Waals surface area contributed by atoms with Crippen molar-refractivity contribution in [2.45, 2.75) is 13.3 Å². The summed E-state index contributed by atoms with van der Waals surface area (Å²) in [4.78, 5) is 11.4. The summed E-state index contributed by atoms with van der Waals surface area (Å²) in [5.41, 5.74) is 7.10. The van der Waals surface area contributed by atoms with Crippen molar-refractivity contribution in [2.75, 3.05) is 5.73 Å². The van der Waals surface area contributed by atoms with Crippen molar-refractivity contribution in [3.05, 3.63) is 64.6 Å². The maximum atomic E-state index is 11.4.